The summed E-state index contributed by atoms with van der Waals surface area (Å²) in [5, 5.41) is 8.56. The van der Waals surface area contributed by atoms with Gasteiger partial charge in [-0.2, -0.15) is 0 Å². The van der Waals surface area contributed by atoms with Crippen molar-refractivity contribution in [1.29, 1.82) is 0 Å². The standard InChI is InChI=1S/C22H21ClN2O4S/c23-18-7-4-8-21(14-18)29-20-11-9-19(10-12-20)25-22(26)13-17(15-30(24,27)28)16-5-2-1-3-6-16/h1-12,14,17H,13,15H2,(H,25,26)(H2,24,27,28). The van der Waals surface area contributed by atoms with E-state index >= 15 is 0 Å². The zero-order chi connectivity index (χ0) is 21.6. The summed E-state index contributed by atoms with van der Waals surface area (Å²) in [6.07, 6.45) is -0.0127. The number of hydrogen-bond donors (Lipinski definition) is 2. The molecule has 156 valence electrons. The molecule has 8 heteroatoms. The number of sulfonamides is 1. The van der Waals surface area contributed by atoms with Gasteiger partial charge < -0.3 is 10.1 Å². The van der Waals surface area contributed by atoms with Crippen LogP contribution in [0.4, 0.5) is 5.69 Å². The molecule has 1 atom stereocenters. The highest BCUT2D eigenvalue weighted by molar-refractivity contribution is 7.89. The Kier molecular flexibility index (Phi) is 7.10. The summed E-state index contributed by atoms with van der Waals surface area (Å²) in [4.78, 5) is 12.5. The molecule has 1 amide bonds. The summed E-state index contributed by atoms with van der Waals surface area (Å²) >= 11 is 5.95. The average Bonchev–Trinajstić information content (AvgIpc) is 2.69. The fourth-order valence-corrected chi connectivity index (χ4v) is 4.04. The molecule has 3 aromatic carbocycles. The van der Waals surface area contributed by atoms with E-state index in [0.717, 1.165) is 5.56 Å². The Morgan fingerprint density at radius 3 is 2.30 bits per heavy atom. The Balaban J connectivity index is 1.64. The number of nitrogens with one attached hydrogen (secondary N) is 1. The first kappa shape index (κ1) is 21.8. The molecule has 0 bridgehead atoms. The average molecular weight is 445 g/mol. The predicted molar refractivity (Wildman–Crippen MR) is 118 cm³/mol. The summed E-state index contributed by atoms with van der Waals surface area (Å²) in [6, 6.07) is 22.9. The maximum atomic E-state index is 12.5. The third kappa shape index (κ3) is 6.88. The van der Waals surface area contributed by atoms with Gasteiger partial charge in [0.15, 0.2) is 0 Å². The fraction of sp³-hybridized carbons (Fsp3) is 0.136. The number of carbonyl (C=O) groups is 1. The molecule has 0 radical (unpaired) electrons. The van der Waals surface area contributed by atoms with Gasteiger partial charge in [0.25, 0.3) is 0 Å². The largest absolute Gasteiger partial charge is 0.457 e. The van der Waals surface area contributed by atoms with Crippen molar-refractivity contribution in [2.24, 2.45) is 5.14 Å². The van der Waals surface area contributed by atoms with Crippen LogP contribution < -0.4 is 15.2 Å². The van der Waals surface area contributed by atoms with Crippen LogP contribution in [0.5, 0.6) is 11.5 Å². The molecule has 3 rings (SSSR count). The molecule has 0 aliphatic carbocycles. The molecule has 0 spiro atoms. The van der Waals surface area contributed by atoms with Crippen molar-refractivity contribution in [2.75, 3.05) is 11.1 Å². The van der Waals surface area contributed by atoms with Gasteiger partial charge >= 0.3 is 0 Å². The number of nitrogens with two attached hydrogens (primary N) is 1. The maximum absolute atomic E-state index is 12.5. The monoisotopic (exact) mass is 444 g/mol. The molecule has 3 aromatic rings. The molecule has 3 N–H and O–H groups in total. The Bertz CT molecular complexity index is 1100. The molecule has 0 heterocycles. The normalized spacial score (nSPS) is 12.2. The van der Waals surface area contributed by atoms with Crippen LogP contribution in [-0.2, 0) is 14.8 Å². The molecule has 0 aromatic heterocycles. The fourth-order valence-electron chi connectivity index (χ4n) is 2.99. The molecule has 0 aliphatic rings. The van der Waals surface area contributed by atoms with Crippen LogP contribution in [0.3, 0.4) is 0 Å². The summed E-state index contributed by atoms with van der Waals surface area (Å²) in [5.74, 6) is 0.0407. The van der Waals surface area contributed by atoms with Crippen molar-refractivity contribution in [2.45, 2.75) is 12.3 Å². The highest BCUT2D eigenvalue weighted by Gasteiger charge is 2.21. The third-order valence-corrected chi connectivity index (χ3v) is 5.41. The van der Waals surface area contributed by atoms with Gasteiger partial charge in [0.2, 0.25) is 15.9 Å². The zero-order valence-electron chi connectivity index (χ0n) is 16.0. The molecule has 1 unspecified atom stereocenters. The first-order valence-electron chi connectivity index (χ1n) is 9.17. The molecule has 0 saturated carbocycles. The van der Waals surface area contributed by atoms with Crippen LogP contribution in [-0.4, -0.2) is 20.1 Å². The molecule has 30 heavy (non-hydrogen) atoms. The van der Waals surface area contributed by atoms with Gasteiger partial charge in [0.05, 0.1) is 5.75 Å². The minimum absolute atomic E-state index is 0.0127. The van der Waals surface area contributed by atoms with Gasteiger partial charge in [0, 0.05) is 23.0 Å². The predicted octanol–water partition coefficient (Wildman–Crippen LogP) is 4.53. The highest BCUT2D eigenvalue weighted by atomic mass is 35.5. The topological polar surface area (TPSA) is 98.5 Å². The Morgan fingerprint density at radius 2 is 1.67 bits per heavy atom. The minimum atomic E-state index is -3.73. The second-order valence-electron chi connectivity index (χ2n) is 6.77. The first-order chi connectivity index (χ1) is 14.3. The molecule has 0 aliphatic heterocycles. The number of halogens is 1. The lowest BCUT2D eigenvalue weighted by Crippen LogP contribution is -2.25. The number of benzene rings is 3. The first-order valence-corrected chi connectivity index (χ1v) is 11.3. The minimum Gasteiger partial charge on any atom is -0.457 e. The Hall–Kier alpha value is -2.87. The number of ether oxygens (including phenoxy) is 1. The maximum Gasteiger partial charge on any atom is 0.225 e. The van der Waals surface area contributed by atoms with Crippen LogP contribution in [0.25, 0.3) is 0 Å². The van der Waals surface area contributed by atoms with Crippen molar-refractivity contribution >= 4 is 33.2 Å². The van der Waals surface area contributed by atoms with Crippen LogP contribution in [0.2, 0.25) is 5.02 Å². The summed E-state index contributed by atoms with van der Waals surface area (Å²) in [7, 11) is -3.73. The van der Waals surface area contributed by atoms with Crippen molar-refractivity contribution in [3.05, 3.63) is 89.4 Å². The number of primary sulfonamides is 1. The number of amides is 1. The lowest BCUT2D eigenvalue weighted by Gasteiger charge is -2.16. The van der Waals surface area contributed by atoms with E-state index in [1.807, 2.05) is 6.07 Å². The third-order valence-electron chi connectivity index (χ3n) is 4.31. The number of anilines is 1. The SMILES string of the molecule is NS(=O)(=O)CC(CC(=O)Nc1ccc(Oc2cccc(Cl)c2)cc1)c1ccccc1. The lowest BCUT2D eigenvalue weighted by molar-refractivity contribution is -0.116. The molecular formula is C22H21ClN2O4S. The second-order valence-corrected chi connectivity index (χ2v) is 8.87. The lowest BCUT2D eigenvalue weighted by atomic mass is 9.97. The summed E-state index contributed by atoms with van der Waals surface area (Å²) in [6.45, 7) is 0. The Labute approximate surface area is 180 Å². The number of carbonyl (C=O) groups excluding carboxylic acids is 1. The molecule has 0 saturated heterocycles. The highest BCUT2D eigenvalue weighted by Crippen LogP contribution is 2.26. The molecule has 6 nitrogen and oxygen atoms in total. The quantitative estimate of drug-likeness (QED) is 0.533. The van der Waals surface area contributed by atoms with E-state index in [1.165, 1.54) is 0 Å². The Morgan fingerprint density at radius 1 is 0.967 bits per heavy atom. The summed E-state index contributed by atoms with van der Waals surface area (Å²) in [5.41, 5.74) is 1.31. The van der Waals surface area contributed by atoms with Gasteiger partial charge in [-0.3, -0.25) is 4.79 Å². The van der Waals surface area contributed by atoms with E-state index in [4.69, 9.17) is 21.5 Å². The van der Waals surface area contributed by atoms with Crippen molar-refractivity contribution in [1.82, 2.24) is 0 Å². The van der Waals surface area contributed by atoms with Gasteiger partial charge in [-0.15, -0.1) is 0 Å². The number of rotatable bonds is 8. The van der Waals surface area contributed by atoms with E-state index in [9.17, 15) is 13.2 Å². The smallest absolute Gasteiger partial charge is 0.225 e. The van der Waals surface area contributed by atoms with Gasteiger partial charge in [-0.05, 0) is 48.0 Å². The van der Waals surface area contributed by atoms with E-state index in [0.29, 0.717) is 22.2 Å². The second kappa shape index (κ2) is 9.75. The number of hydrogen-bond acceptors (Lipinski definition) is 4. The van der Waals surface area contributed by atoms with Crippen LogP contribution >= 0.6 is 11.6 Å². The zero-order valence-corrected chi connectivity index (χ0v) is 17.6. The molecule has 0 fully saturated rings. The van der Waals surface area contributed by atoms with E-state index < -0.39 is 15.9 Å². The van der Waals surface area contributed by atoms with E-state index in [-0.39, 0.29) is 18.1 Å². The van der Waals surface area contributed by atoms with Crippen LogP contribution in [0.1, 0.15) is 17.9 Å². The van der Waals surface area contributed by atoms with Crippen molar-refractivity contribution < 1.29 is 17.9 Å². The van der Waals surface area contributed by atoms with Crippen LogP contribution in [0.15, 0.2) is 78.9 Å². The van der Waals surface area contributed by atoms with Crippen molar-refractivity contribution in [3.63, 3.8) is 0 Å². The van der Waals surface area contributed by atoms with Gasteiger partial charge in [-0.25, -0.2) is 13.6 Å². The van der Waals surface area contributed by atoms with Gasteiger partial charge in [0.1, 0.15) is 11.5 Å². The van der Waals surface area contributed by atoms with E-state index in [1.54, 1.807) is 72.8 Å². The van der Waals surface area contributed by atoms with Gasteiger partial charge in [-0.1, -0.05) is 48.0 Å². The summed E-state index contributed by atoms with van der Waals surface area (Å²) < 4.78 is 28.9. The van der Waals surface area contributed by atoms with Crippen LogP contribution in [0, 0.1) is 0 Å². The van der Waals surface area contributed by atoms with E-state index in [2.05, 4.69) is 5.32 Å². The van der Waals surface area contributed by atoms with Crippen molar-refractivity contribution in [3.8, 4) is 11.5 Å². The molecular weight excluding hydrogens is 424 g/mol.